The quantitative estimate of drug-likeness (QED) is 0.442. The van der Waals surface area contributed by atoms with Gasteiger partial charge in [-0.05, 0) is 60.9 Å². The Balaban J connectivity index is 1.87. The molecule has 26 heavy (non-hydrogen) atoms. The molecule has 0 saturated heterocycles. The van der Waals surface area contributed by atoms with Crippen molar-refractivity contribution in [2.45, 2.75) is 59.0 Å². The number of hydrogen-bond acceptors (Lipinski definition) is 3. The first-order valence-electron chi connectivity index (χ1n) is 9.27. The standard InChI is InChI=1S/C22H25ClO3/c1-4-15-11-14(3)21(12-19(15)23)25-13-18-17(16-9-10-16)7-6-8-20(18)26-22(24)5-2/h6-8,11-12,16H,4-5,9-10,13H2,1-3H3. The summed E-state index contributed by atoms with van der Waals surface area (Å²) in [6.07, 6.45) is 3.59. The van der Waals surface area contributed by atoms with E-state index >= 15 is 0 Å². The van der Waals surface area contributed by atoms with Crippen molar-refractivity contribution in [2.75, 3.05) is 0 Å². The molecule has 3 nitrogen and oxygen atoms in total. The van der Waals surface area contributed by atoms with Gasteiger partial charge in [0.15, 0.2) is 0 Å². The van der Waals surface area contributed by atoms with E-state index in [2.05, 4.69) is 19.1 Å². The summed E-state index contributed by atoms with van der Waals surface area (Å²) in [4.78, 5) is 11.8. The van der Waals surface area contributed by atoms with Crippen molar-refractivity contribution in [3.8, 4) is 11.5 Å². The zero-order valence-corrected chi connectivity index (χ0v) is 16.4. The summed E-state index contributed by atoms with van der Waals surface area (Å²) in [6, 6.07) is 9.86. The minimum atomic E-state index is -0.231. The average molecular weight is 373 g/mol. The number of aryl methyl sites for hydroxylation is 2. The molecule has 0 bridgehead atoms. The van der Waals surface area contributed by atoms with Crippen molar-refractivity contribution in [2.24, 2.45) is 0 Å². The van der Waals surface area contributed by atoms with E-state index in [0.717, 1.165) is 33.9 Å². The minimum absolute atomic E-state index is 0.231. The molecule has 0 N–H and O–H groups in total. The van der Waals surface area contributed by atoms with Crippen LogP contribution in [0.1, 0.15) is 61.3 Å². The van der Waals surface area contributed by atoms with Crippen molar-refractivity contribution in [1.29, 1.82) is 0 Å². The van der Waals surface area contributed by atoms with Crippen LogP contribution < -0.4 is 9.47 Å². The van der Waals surface area contributed by atoms with Crippen LogP contribution in [0.3, 0.4) is 0 Å². The maximum atomic E-state index is 11.8. The van der Waals surface area contributed by atoms with Gasteiger partial charge in [-0.2, -0.15) is 0 Å². The molecule has 0 unspecified atom stereocenters. The largest absolute Gasteiger partial charge is 0.488 e. The molecule has 1 aliphatic rings. The van der Waals surface area contributed by atoms with E-state index < -0.39 is 0 Å². The molecule has 0 aliphatic heterocycles. The maximum Gasteiger partial charge on any atom is 0.310 e. The van der Waals surface area contributed by atoms with Gasteiger partial charge in [0, 0.05) is 17.0 Å². The molecule has 4 heteroatoms. The second-order valence-corrected chi connectivity index (χ2v) is 7.18. The van der Waals surface area contributed by atoms with Crippen LogP contribution in [0.4, 0.5) is 0 Å². The van der Waals surface area contributed by atoms with Gasteiger partial charge in [-0.25, -0.2) is 0 Å². The smallest absolute Gasteiger partial charge is 0.310 e. The second kappa shape index (κ2) is 8.13. The highest BCUT2D eigenvalue weighted by Gasteiger charge is 2.28. The number of ether oxygens (including phenoxy) is 2. The Bertz CT molecular complexity index is 809. The van der Waals surface area contributed by atoms with E-state index in [0.29, 0.717) is 24.7 Å². The van der Waals surface area contributed by atoms with Gasteiger partial charge in [0.25, 0.3) is 0 Å². The van der Waals surface area contributed by atoms with E-state index in [1.165, 1.54) is 18.4 Å². The number of carbonyl (C=O) groups is 1. The number of halogens is 1. The van der Waals surface area contributed by atoms with Gasteiger partial charge >= 0.3 is 5.97 Å². The van der Waals surface area contributed by atoms with Crippen LogP contribution in [0.25, 0.3) is 0 Å². The van der Waals surface area contributed by atoms with Crippen LogP contribution in [0.2, 0.25) is 5.02 Å². The lowest BCUT2D eigenvalue weighted by molar-refractivity contribution is -0.134. The molecule has 0 atom stereocenters. The average Bonchev–Trinajstić information content (AvgIpc) is 3.47. The summed E-state index contributed by atoms with van der Waals surface area (Å²) < 4.78 is 11.6. The summed E-state index contributed by atoms with van der Waals surface area (Å²) in [5.74, 6) is 1.69. The zero-order valence-electron chi connectivity index (χ0n) is 15.6. The van der Waals surface area contributed by atoms with Gasteiger partial charge in [-0.1, -0.05) is 43.6 Å². The van der Waals surface area contributed by atoms with Crippen LogP contribution >= 0.6 is 11.6 Å². The lowest BCUT2D eigenvalue weighted by Crippen LogP contribution is -2.10. The van der Waals surface area contributed by atoms with Crippen molar-refractivity contribution in [3.05, 3.63) is 57.6 Å². The highest BCUT2D eigenvalue weighted by Crippen LogP contribution is 2.44. The van der Waals surface area contributed by atoms with Crippen molar-refractivity contribution < 1.29 is 14.3 Å². The summed E-state index contributed by atoms with van der Waals surface area (Å²) in [5, 5.41) is 0.723. The van der Waals surface area contributed by atoms with E-state index in [1.807, 2.05) is 25.1 Å². The highest BCUT2D eigenvalue weighted by molar-refractivity contribution is 6.31. The summed E-state index contributed by atoms with van der Waals surface area (Å²) >= 11 is 6.34. The third-order valence-electron chi connectivity index (χ3n) is 4.80. The number of benzene rings is 2. The second-order valence-electron chi connectivity index (χ2n) is 6.78. The van der Waals surface area contributed by atoms with Gasteiger partial charge in [-0.15, -0.1) is 0 Å². The Hall–Kier alpha value is -2.00. The van der Waals surface area contributed by atoms with Gasteiger partial charge in [0.2, 0.25) is 0 Å². The van der Waals surface area contributed by atoms with E-state index in [-0.39, 0.29) is 5.97 Å². The Labute approximate surface area is 160 Å². The molecular weight excluding hydrogens is 348 g/mol. The Kier molecular flexibility index (Phi) is 5.87. The third kappa shape index (κ3) is 4.21. The predicted molar refractivity (Wildman–Crippen MR) is 104 cm³/mol. The van der Waals surface area contributed by atoms with E-state index in [1.54, 1.807) is 6.92 Å². The van der Waals surface area contributed by atoms with Gasteiger partial charge in [0.1, 0.15) is 18.1 Å². The Morgan fingerprint density at radius 1 is 1.19 bits per heavy atom. The number of rotatable bonds is 7. The maximum absolute atomic E-state index is 11.8. The summed E-state index contributed by atoms with van der Waals surface area (Å²) in [5.41, 5.74) is 4.36. The SMILES string of the molecule is CCC(=O)Oc1cccc(C2CC2)c1COc1cc(Cl)c(CC)cc1C. The number of hydrogen-bond donors (Lipinski definition) is 0. The van der Waals surface area contributed by atoms with Crippen LogP contribution in [-0.2, 0) is 17.8 Å². The van der Waals surface area contributed by atoms with Crippen molar-refractivity contribution in [3.63, 3.8) is 0 Å². The Morgan fingerprint density at radius 2 is 1.96 bits per heavy atom. The van der Waals surface area contributed by atoms with Gasteiger partial charge < -0.3 is 9.47 Å². The van der Waals surface area contributed by atoms with Crippen LogP contribution in [0.5, 0.6) is 11.5 Å². The normalized spacial score (nSPS) is 13.5. The first-order valence-corrected chi connectivity index (χ1v) is 9.65. The van der Waals surface area contributed by atoms with Crippen molar-refractivity contribution in [1.82, 2.24) is 0 Å². The number of esters is 1. The topological polar surface area (TPSA) is 35.5 Å². The van der Waals surface area contributed by atoms with E-state index in [4.69, 9.17) is 21.1 Å². The van der Waals surface area contributed by atoms with Crippen LogP contribution in [0.15, 0.2) is 30.3 Å². The molecule has 2 aromatic carbocycles. The molecule has 0 amide bonds. The molecular formula is C22H25ClO3. The molecule has 138 valence electrons. The summed E-state index contributed by atoms with van der Waals surface area (Å²) in [6.45, 7) is 6.27. The molecule has 2 aromatic rings. The lowest BCUT2D eigenvalue weighted by Gasteiger charge is -2.17. The molecule has 3 rings (SSSR count). The minimum Gasteiger partial charge on any atom is -0.488 e. The van der Waals surface area contributed by atoms with Crippen LogP contribution in [0, 0.1) is 6.92 Å². The van der Waals surface area contributed by atoms with Gasteiger partial charge in [-0.3, -0.25) is 4.79 Å². The van der Waals surface area contributed by atoms with Crippen molar-refractivity contribution >= 4 is 17.6 Å². The first kappa shape index (κ1) is 18.8. The number of carbonyl (C=O) groups excluding carboxylic acids is 1. The fourth-order valence-corrected chi connectivity index (χ4v) is 3.39. The monoisotopic (exact) mass is 372 g/mol. The van der Waals surface area contributed by atoms with E-state index in [9.17, 15) is 4.79 Å². The molecule has 0 spiro atoms. The molecule has 1 saturated carbocycles. The first-order chi connectivity index (χ1) is 12.5. The summed E-state index contributed by atoms with van der Waals surface area (Å²) in [7, 11) is 0. The third-order valence-corrected chi connectivity index (χ3v) is 5.15. The molecule has 0 radical (unpaired) electrons. The molecule has 0 heterocycles. The zero-order chi connectivity index (χ0) is 18.7. The fraction of sp³-hybridized carbons (Fsp3) is 0.409. The molecule has 1 aliphatic carbocycles. The predicted octanol–water partition coefficient (Wildman–Crippen LogP) is 5.98. The van der Waals surface area contributed by atoms with Gasteiger partial charge in [0.05, 0.1) is 0 Å². The lowest BCUT2D eigenvalue weighted by atomic mass is 10.0. The Morgan fingerprint density at radius 3 is 2.62 bits per heavy atom. The fourth-order valence-electron chi connectivity index (χ4n) is 3.10. The molecule has 1 fully saturated rings. The molecule has 0 aromatic heterocycles. The van der Waals surface area contributed by atoms with Crippen LogP contribution in [-0.4, -0.2) is 5.97 Å². The highest BCUT2D eigenvalue weighted by atomic mass is 35.5.